The van der Waals surface area contributed by atoms with Gasteiger partial charge in [-0.3, -0.25) is 9.21 Å². The lowest BCUT2D eigenvalue weighted by atomic mass is 10.2. The molecule has 2 aromatic rings. The van der Waals surface area contributed by atoms with Crippen LogP contribution < -0.4 is 13.9 Å². The molecule has 2 aliphatic rings. The summed E-state index contributed by atoms with van der Waals surface area (Å²) in [7, 11) is 2.30. The van der Waals surface area contributed by atoms with Crippen molar-refractivity contribution < 1.29 is 4.74 Å². The maximum atomic E-state index is 6.18. The van der Waals surface area contributed by atoms with Gasteiger partial charge in [0, 0.05) is 30.0 Å². The van der Waals surface area contributed by atoms with E-state index in [2.05, 4.69) is 36.9 Å². The molecule has 4 nitrogen and oxygen atoms in total. The highest BCUT2D eigenvalue weighted by Gasteiger charge is 2.45. The summed E-state index contributed by atoms with van der Waals surface area (Å²) in [5.74, 6) is 2.78. The monoisotopic (exact) mass is 404 g/mol. The number of hydrogen-bond acceptors (Lipinski definition) is 4. The fraction of sp³-hybridized carbons (Fsp3) is 0.476. The number of rotatable bonds is 7. The van der Waals surface area contributed by atoms with Gasteiger partial charge in [-0.15, -0.1) is 0 Å². The summed E-state index contributed by atoms with van der Waals surface area (Å²) in [5, 5.41) is 1.73. The summed E-state index contributed by atoms with van der Waals surface area (Å²) in [4.78, 5) is 4.91. The quantitative estimate of drug-likeness (QED) is 0.524. The van der Waals surface area contributed by atoms with E-state index in [1.54, 1.807) is 11.9 Å². The van der Waals surface area contributed by atoms with E-state index in [1.165, 1.54) is 25.3 Å². The van der Waals surface area contributed by atoms with Crippen LogP contribution in [0.2, 0.25) is 5.02 Å². The first-order valence-corrected chi connectivity index (χ1v) is 10.8. The zero-order valence-corrected chi connectivity index (χ0v) is 17.5. The van der Waals surface area contributed by atoms with Crippen LogP contribution in [-0.4, -0.2) is 37.3 Å². The third kappa shape index (κ3) is 4.60. The molecule has 1 aliphatic carbocycles. The number of benzene rings is 1. The van der Waals surface area contributed by atoms with Crippen LogP contribution in [0.25, 0.3) is 0 Å². The highest BCUT2D eigenvalue weighted by Crippen LogP contribution is 2.40. The maximum Gasteiger partial charge on any atom is 0.228 e. The number of ether oxygens (including phenoxy) is 1. The largest absolute Gasteiger partial charge is 0.486 e. The van der Waals surface area contributed by atoms with Gasteiger partial charge in [-0.05, 0) is 49.1 Å². The lowest BCUT2D eigenvalue weighted by Crippen LogP contribution is -2.43. The van der Waals surface area contributed by atoms with E-state index in [0.29, 0.717) is 5.02 Å². The Labute approximate surface area is 171 Å². The zero-order chi connectivity index (χ0) is 18.9. The molecular weight excluding hydrogens is 378 g/mol. The molecule has 2 unspecified atom stereocenters. The third-order valence-corrected chi connectivity index (χ3v) is 6.56. The van der Waals surface area contributed by atoms with Crippen molar-refractivity contribution in [2.75, 3.05) is 26.7 Å². The van der Waals surface area contributed by atoms with Gasteiger partial charge in [0.25, 0.3) is 0 Å². The van der Waals surface area contributed by atoms with E-state index in [9.17, 15) is 0 Å². The second-order valence-corrected chi connectivity index (χ2v) is 9.54. The van der Waals surface area contributed by atoms with Crippen molar-refractivity contribution in [3.05, 3.63) is 47.5 Å². The van der Waals surface area contributed by atoms with Crippen LogP contribution in [0.3, 0.4) is 0 Å². The summed E-state index contributed by atoms with van der Waals surface area (Å²) < 4.78 is 10.6. The number of likely N-dealkylation sites (tertiary alicyclic amines) is 1. The van der Waals surface area contributed by atoms with E-state index in [0.717, 1.165) is 40.6 Å². The highest BCUT2D eigenvalue weighted by molar-refractivity contribution is 7.97. The summed E-state index contributed by atoms with van der Waals surface area (Å²) in [6.07, 6.45) is 3.40. The average molecular weight is 405 g/mol. The molecule has 1 aromatic carbocycles. The minimum Gasteiger partial charge on any atom is -0.486 e. The first-order chi connectivity index (χ1) is 13.0. The molecule has 1 saturated heterocycles. The van der Waals surface area contributed by atoms with Gasteiger partial charge in [0.15, 0.2) is 0 Å². The molecule has 27 heavy (non-hydrogen) atoms. The lowest BCUT2D eigenvalue weighted by molar-refractivity contribution is 0.184. The van der Waals surface area contributed by atoms with E-state index < -0.39 is 0 Å². The average Bonchev–Trinajstić information content (AvgIpc) is 3.30. The fourth-order valence-corrected chi connectivity index (χ4v) is 4.77. The normalized spacial score (nSPS) is 26.1. The molecule has 1 aliphatic heterocycles. The minimum absolute atomic E-state index is 0.113. The van der Waals surface area contributed by atoms with Crippen molar-refractivity contribution >= 4 is 29.4 Å². The highest BCUT2D eigenvalue weighted by atomic mass is 35.5. The Morgan fingerprint density at radius 2 is 2.11 bits per heavy atom. The number of quaternary nitrogens is 1. The molecule has 4 rings (SSSR count). The Kier molecular flexibility index (Phi) is 5.39. The smallest absolute Gasteiger partial charge is 0.228 e. The third-order valence-electron chi connectivity index (χ3n) is 5.60. The van der Waals surface area contributed by atoms with E-state index >= 15 is 0 Å². The molecule has 144 valence electrons. The molecule has 1 N–H and O–H groups in total. The van der Waals surface area contributed by atoms with Crippen LogP contribution in [0.5, 0.6) is 5.75 Å². The Hall–Kier alpha value is -1.27. The Bertz CT molecular complexity index is 814. The van der Waals surface area contributed by atoms with Gasteiger partial charge in [-0.2, -0.15) is 4.98 Å². The van der Waals surface area contributed by atoms with Crippen LogP contribution in [0, 0.1) is 5.92 Å². The maximum absolute atomic E-state index is 6.18. The molecule has 0 radical (unpaired) electrons. The molecule has 0 amide bonds. The Morgan fingerprint density at radius 1 is 1.30 bits per heavy atom. The van der Waals surface area contributed by atoms with Crippen molar-refractivity contribution in [2.45, 2.75) is 36.8 Å². The molecule has 2 atom stereocenters. The van der Waals surface area contributed by atoms with Crippen molar-refractivity contribution in [1.29, 1.82) is 0 Å². The molecule has 2 heterocycles. The Morgan fingerprint density at radius 3 is 2.81 bits per heavy atom. The van der Waals surface area contributed by atoms with Gasteiger partial charge >= 0.3 is 0 Å². The van der Waals surface area contributed by atoms with Gasteiger partial charge in [0.2, 0.25) is 5.82 Å². The number of pyridine rings is 1. The molecule has 1 aromatic heterocycles. The lowest BCUT2D eigenvalue weighted by Gasteiger charge is -2.27. The van der Waals surface area contributed by atoms with Crippen LogP contribution in [0.4, 0.5) is 5.82 Å². The molecular formula is C21H27ClN3OS+. The van der Waals surface area contributed by atoms with Crippen LogP contribution in [0.1, 0.15) is 26.2 Å². The minimum atomic E-state index is -0.113. The summed E-state index contributed by atoms with van der Waals surface area (Å²) in [5.41, 5.74) is -0.113. The molecule has 6 heteroatoms. The van der Waals surface area contributed by atoms with Gasteiger partial charge in [0.05, 0.1) is 20.1 Å². The molecule has 1 saturated carbocycles. The van der Waals surface area contributed by atoms with Crippen molar-refractivity contribution in [1.82, 2.24) is 14.2 Å². The van der Waals surface area contributed by atoms with E-state index in [4.69, 9.17) is 21.3 Å². The van der Waals surface area contributed by atoms with Gasteiger partial charge in [-0.1, -0.05) is 30.7 Å². The number of nitrogens with one attached hydrogen (secondary N) is 1. The van der Waals surface area contributed by atoms with E-state index in [1.807, 2.05) is 24.3 Å². The number of hydrogen-bond donors (Lipinski definition) is 1. The topological polar surface area (TPSA) is 34.1 Å². The predicted molar refractivity (Wildman–Crippen MR) is 113 cm³/mol. The number of aromatic nitrogens is 1. The first kappa shape index (κ1) is 19.1. The molecule has 0 bridgehead atoms. The fourth-order valence-electron chi connectivity index (χ4n) is 3.82. The van der Waals surface area contributed by atoms with Crippen LogP contribution in [0.15, 0.2) is 47.5 Å². The van der Waals surface area contributed by atoms with Crippen molar-refractivity contribution in [3.8, 4) is 5.75 Å². The predicted octanol–water partition coefficient (Wildman–Crippen LogP) is 4.92. The van der Waals surface area contributed by atoms with Gasteiger partial charge in [0.1, 0.15) is 16.4 Å². The second-order valence-electron chi connectivity index (χ2n) is 8.20. The van der Waals surface area contributed by atoms with Crippen LogP contribution in [-0.2, 0) is 0 Å². The van der Waals surface area contributed by atoms with Crippen LogP contribution >= 0.6 is 23.5 Å². The molecule has 2 fully saturated rings. The SMILES string of the molecule is CC1CC[N+](C)(c2cccc(SNCC3(Oc4cccc(Cl)c4)CC3)n2)C1. The van der Waals surface area contributed by atoms with E-state index in [-0.39, 0.29) is 5.60 Å². The Balaban J connectivity index is 1.34. The molecule has 0 spiro atoms. The van der Waals surface area contributed by atoms with Crippen molar-refractivity contribution in [3.63, 3.8) is 0 Å². The number of nitrogens with zero attached hydrogens (tertiary/aromatic N) is 2. The first-order valence-electron chi connectivity index (χ1n) is 9.63. The summed E-state index contributed by atoms with van der Waals surface area (Å²) in [6, 6.07) is 14.0. The van der Waals surface area contributed by atoms with Crippen molar-refractivity contribution in [2.24, 2.45) is 5.92 Å². The zero-order valence-electron chi connectivity index (χ0n) is 16.0. The van der Waals surface area contributed by atoms with Gasteiger partial charge in [-0.25, -0.2) is 0 Å². The standard InChI is InChI=1S/C21H27ClN3OS/c1-16-9-12-25(2,14-16)19-7-4-8-20(24-19)27-23-15-21(10-11-21)26-18-6-3-5-17(22)13-18/h3-8,13,16,23H,9-12,14-15H2,1-2H3/q+1. The number of halogens is 1. The van der Waals surface area contributed by atoms with Gasteiger partial charge < -0.3 is 4.74 Å². The summed E-state index contributed by atoms with van der Waals surface area (Å²) in [6.45, 7) is 5.47. The second kappa shape index (κ2) is 7.63. The summed E-state index contributed by atoms with van der Waals surface area (Å²) >= 11 is 7.65.